The first-order chi connectivity index (χ1) is 11.5. The van der Waals surface area contributed by atoms with E-state index in [1.54, 1.807) is 0 Å². The predicted octanol–water partition coefficient (Wildman–Crippen LogP) is 6.20. The van der Waals surface area contributed by atoms with Gasteiger partial charge in [-0.05, 0) is 105 Å². The molecule has 0 heterocycles. The van der Waals surface area contributed by atoms with Crippen LogP contribution in [0.2, 0.25) is 0 Å². The molecule has 0 aromatic rings. The van der Waals surface area contributed by atoms with Crippen LogP contribution in [0.5, 0.6) is 0 Å². The molecule has 0 aromatic carbocycles. The van der Waals surface area contributed by atoms with Crippen molar-refractivity contribution in [3.63, 3.8) is 0 Å². The maximum absolute atomic E-state index is 10.2. The Labute approximate surface area is 150 Å². The third kappa shape index (κ3) is 2.51. The molecule has 4 aliphatic carbocycles. The molecule has 0 aromatic heterocycles. The van der Waals surface area contributed by atoms with Crippen LogP contribution in [0.25, 0.3) is 0 Å². The van der Waals surface area contributed by atoms with Gasteiger partial charge < -0.3 is 5.11 Å². The molecule has 0 spiro atoms. The van der Waals surface area contributed by atoms with Crippen LogP contribution in [-0.4, -0.2) is 11.2 Å². The summed E-state index contributed by atoms with van der Waals surface area (Å²) in [6, 6.07) is 0. The highest BCUT2D eigenvalue weighted by molar-refractivity contribution is 5.09. The first kappa shape index (κ1) is 17.4. The van der Waals surface area contributed by atoms with Crippen LogP contribution in [0.3, 0.4) is 0 Å². The Bertz CT molecular complexity index is 459. The SMILES string of the molecule is CCCC[C@H]1CCC2C3CCC4CC(O)CC[C@]4(C)C3CC[C@@]21C. The zero-order valence-electron chi connectivity index (χ0n) is 16.4. The standard InChI is InChI=1S/C23H40O/c1-4-5-6-16-8-10-20-19-9-7-17-15-18(24)11-13-23(17,3)21(19)12-14-22(16,20)2/h16-21,24H,4-15H2,1-3H3/t16-,17?,18?,19?,20?,21?,22+,23-/m0/s1. The molecule has 0 saturated heterocycles. The van der Waals surface area contributed by atoms with Crippen LogP contribution >= 0.6 is 0 Å². The Morgan fingerprint density at radius 1 is 0.875 bits per heavy atom. The molecule has 4 saturated carbocycles. The van der Waals surface area contributed by atoms with Gasteiger partial charge >= 0.3 is 0 Å². The normalized spacial score (nSPS) is 54.0. The Hall–Kier alpha value is -0.0400. The van der Waals surface area contributed by atoms with Crippen molar-refractivity contribution < 1.29 is 5.11 Å². The largest absolute Gasteiger partial charge is 0.393 e. The molecule has 138 valence electrons. The van der Waals surface area contributed by atoms with E-state index in [0.717, 1.165) is 42.4 Å². The molecule has 4 rings (SSSR count). The van der Waals surface area contributed by atoms with Gasteiger partial charge in [0.15, 0.2) is 0 Å². The average molecular weight is 333 g/mol. The number of rotatable bonds is 3. The van der Waals surface area contributed by atoms with E-state index < -0.39 is 0 Å². The van der Waals surface area contributed by atoms with Crippen molar-refractivity contribution in [1.82, 2.24) is 0 Å². The lowest BCUT2D eigenvalue weighted by Crippen LogP contribution is -2.53. The summed E-state index contributed by atoms with van der Waals surface area (Å²) in [6.07, 6.45) is 16.7. The van der Waals surface area contributed by atoms with Crippen molar-refractivity contribution in [2.75, 3.05) is 0 Å². The second-order valence-electron chi connectivity index (χ2n) is 10.5. The van der Waals surface area contributed by atoms with Gasteiger partial charge in [-0.2, -0.15) is 0 Å². The molecule has 0 aliphatic heterocycles. The molecule has 4 aliphatic rings. The number of aliphatic hydroxyl groups excluding tert-OH is 1. The molecule has 4 fully saturated rings. The minimum absolute atomic E-state index is 0.00149. The molecule has 1 N–H and O–H groups in total. The zero-order chi connectivity index (χ0) is 16.9. The number of fused-ring (bicyclic) bond motifs is 5. The summed E-state index contributed by atoms with van der Waals surface area (Å²) in [5.74, 6) is 4.81. The van der Waals surface area contributed by atoms with E-state index in [9.17, 15) is 5.11 Å². The van der Waals surface area contributed by atoms with Gasteiger partial charge in [-0.1, -0.05) is 33.6 Å². The van der Waals surface area contributed by atoms with Crippen molar-refractivity contribution in [3.8, 4) is 0 Å². The fraction of sp³-hybridized carbons (Fsp3) is 1.00. The molecule has 0 bridgehead atoms. The smallest absolute Gasteiger partial charge is 0.0543 e. The number of hydrogen-bond donors (Lipinski definition) is 1. The van der Waals surface area contributed by atoms with E-state index in [1.807, 2.05) is 0 Å². The van der Waals surface area contributed by atoms with Gasteiger partial charge in [-0.3, -0.25) is 0 Å². The van der Waals surface area contributed by atoms with Crippen LogP contribution < -0.4 is 0 Å². The molecule has 0 radical (unpaired) electrons. The van der Waals surface area contributed by atoms with E-state index in [0.29, 0.717) is 10.8 Å². The van der Waals surface area contributed by atoms with Crippen molar-refractivity contribution in [1.29, 1.82) is 0 Å². The lowest BCUT2D eigenvalue weighted by atomic mass is 9.44. The van der Waals surface area contributed by atoms with Crippen molar-refractivity contribution in [2.45, 2.75) is 104 Å². The minimum atomic E-state index is -0.00149. The summed E-state index contributed by atoms with van der Waals surface area (Å²) in [5, 5.41) is 10.2. The summed E-state index contributed by atoms with van der Waals surface area (Å²) in [7, 11) is 0. The van der Waals surface area contributed by atoms with Crippen LogP contribution in [0, 0.1) is 40.4 Å². The molecule has 24 heavy (non-hydrogen) atoms. The highest BCUT2D eigenvalue weighted by atomic mass is 16.3. The van der Waals surface area contributed by atoms with Gasteiger partial charge in [-0.15, -0.1) is 0 Å². The molecule has 1 nitrogen and oxygen atoms in total. The van der Waals surface area contributed by atoms with Gasteiger partial charge in [0.25, 0.3) is 0 Å². The molecule has 0 amide bonds. The summed E-state index contributed by atoms with van der Waals surface area (Å²) < 4.78 is 0. The van der Waals surface area contributed by atoms with E-state index in [2.05, 4.69) is 20.8 Å². The monoisotopic (exact) mass is 332 g/mol. The first-order valence-electron chi connectivity index (χ1n) is 11.2. The van der Waals surface area contributed by atoms with Gasteiger partial charge in [0.05, 0.1) is 6.10 Å². The van der Waals surface area contributed by atoms with Crippen molar-refractivity contribution in [2.24, 2.45) is 40.4 Å². The van der Waals surface area contributed by atoms with E-state index >= 15 is 0 Å². The molecular formula is C23H40O. The Kier molecular flexibility index (Phi) is 4.55. The maximum atomic E-state index is 10.2. The van der Waals surface area contributed by atoms with Gasteiger partial charge in [0.2, 0.25) is 0 Å². The number of hydrogen-bond acceptors (Lipinski definition) is 1. The minimum Gasteiger partial charge on any atom is -0.393 e. The summed E-state index contributed by atoms with van der Waals surface area (Å²) in [6.45, 7) is 7.65. The lowest BCUT2D eigenvalue weighted by molar-refractivity contribution is -0.127. The quantitative estimate of drug-likeness (QED) is 0.652. The topological polar surface area (TPSA) is 20.2 Å². The molecule has 1 heteroatoms. The van der Waals surface area contributed by atoms with Gasteiger partial charge in [-0.25, -0.2) is 0 Å². The number of aliphatic hydroxyl groups is 1. The van der Waals surface area contributed by atoms with Crippen LogP contribution in [0.4, 0.5) is 0 Å². The third-order valence-electron chi connectivity index (χ3n) is 9.74. The van der Waals surface area contributed by atoms with Crippen molar-refractivity contribution in [3.05, 3.63) is 0 Å². The van der Waals surface area contributed by atoms with Crippen LogP contribution in [0.15, 0.2) is 0 Å². The molecular weight excluding hydrogens is 292 g/mol. The average Bonchev–Trinajstić information content (AvgIpc) is 2.90. The third-order valence-corrected chi connectivity index (χ3v) is 9.74. The maximum Gasteiger partial charge on any atom is 0.0543 e. The Morgan fingerprint density at radius 3 is 2.42 bits per heavy atom. The fourth-order valence-corrected chi connectivity index (χ4v) is 8.27. The fourth-order valence-electron chi connectivity index (χ4n) is 8.27. The summed E-state index contributed by atoms with van der Waals surface area (Å²) in [5.41, 5.74) is 1.21. The summed E-state index contributed by atoms with van der Waals surface area (Å²) in [4.78, 5) is 0. The highest BCUT2D eigenvalue weighted by Gasteiger charge is 2.59. The van der Waals surface area contributed by atoms with E-state index in [-0.39, 0.29) is 6.10 Å². The number of unbranched alkanes of at least 4 members (excludes halogenated alkanes) is 1. The van der Waals surface area contributed by atoms with E-state index in [4.69, 9.17) is 0 Å². The lowest BCUT2D eigenvalue weighted by Gasteiger charge is -2.61. The predicted molar refractivity (Wildman–Crippen MR) is 101 cm³/mol. The Morgan fingerprint density at radius 2 is 1.62 bits per heavy atom. The van der Waals surface area contributed by atoms with E-state index in [1.165, 1.54) is 64.2 Å². The highest BCUT2D eigenvalue weighted by Crippen LogP contribution is 2.67. The Balaban J connectivity index is 1.54. The first-order valence-corrected chi connectivity index (χ1v) is 11.2. The molecule has 5 unspecified atom stereocenters. The second kappa shape index (κ2) is 6.29. The van der Waals surface area contributed by atoms with Crippen LogP contribution in [-0.2, 0) is 0 Å². The van der Waals surface area contributed by atoms with Crippen LogP contribution in [0.1, 0.15) is 97.8 Å². The summed E-state index contributed by atoms with van der Waals surface area (Å²) >= 11 is 0. The zero-order valence-corrected chi connectivity index (χ0v) is 16.4. The second-order valence-corrected chi connectivity index (χ2v) is 10.5. The van der Waals surface area contributed by atoms with Crippen molar-refractivity contribution >= 4 is 0 Å². The van der Waals surface area contributed by atoms with Gasteiger partial charge in [0, 0.05) is 0 Å². The molecule has 8 atom stereocenters. The van der Waals surface area contributed by atoms with Gasteiger partial charge in [0.1, 0.15) is 0 Å².